The van der Waals surface area contributed by atoms with Crippen molar-refractivity contribution in [3.8, 4) is 0 Å². The molecule has 142 valence electrons. The molecule has 1 spiro atoms. The SMILES string of the molecule is Cc1ncc(C(=O)NC2CCN(C(=O)CC3CC4(CC4)C3)CC2(C)C)[nH]1. The lowest BCUT2D eigenvalue weighted by Crippen LogP contribution is -2.57. The summed E-state index contributed by atoms with van der Waals surface area (Å²) in [6, 6.07) is 0.0566. The van der Waals surface area contributed by atoms with E-state index in [2.05, 4.69) is 29.1 Å². The van der Waals surface area contributed by atoms with E-state index in [1.807, 2.05) is 11.8 Å². The minimum absolute atomic E-state index is 0.0566. The topological polar surface area (TPSA) is 78.1 Å². The Balaban J connectivity index is 1.30. The molecule has 2 aliphatic carbocycles. The predicted octanol–water partition coefficient (Wildman–Crippen LogP) is 2.66. The number of aromatic nitrogens is 2. The van der Waals surface area contributed by atoms with Gasteiger partial charge in [0, 0.05) is 31.0 Å². The molecule has 2 amide bonds. The Bertz CT molecular complexity index is 711. The monoisotopic (exact) mass is 358 g/mol. The Labute approximate surface area is 155 Å². The second-order valence-corrected chi connectivity index (χ2v) is 9.48. The van der Waals surface area contributed by atoms with Gasteiger partial charge in [0.15, 0.2) is 0 Å². The van der Waals surface area contributed by atoms with E-state index >= 15 is 0 Å². The summed E-state index contributed by atoms with van der Waals surface area (Å²) < 4.78 is 0. The summed E-state index contributed by atoms with van der Waals surface area (Å²) in [5.41, 5.74) is 1.01. The van der Waals surface area contributed by atoms with Gasteiger partial charge in [-0.05, 0) is 50.4 Å². The third kappa shape index (κ3) is 3.38. The van der Waals surface area contributed by atoms with Crippen molar-refractivity contribution >= 4 is 11.8 Å². The minimum Gasteiger partial charge on any atom is -0.347 e. The Morgan fingerprint density at radius 2 is 2.08 bits per heavy atom. The molecule has 1 aromatic rings. The summed E-state index contributed by atoms with van der Waals surface area (Å²) in [4.78, 5) is 34.2. The Morgan fingerprint density at radius 3 is 2.65 bits per heavy atom. The van der Waals surface area contributed by atoms with E-state index in [9.17, 15) is 9.59 Å². The second kappa shape index (κ2) is 6.10. The van der Waals surface area contributed by atoms with Gasteiger partial charge in [-0.3, -0.25) is 9.59 Å². The second-order valence-electron chi connectivity index (χ2n) is 9.48. The first-order valence-corrected chi connectivity index (χ1v) is 9.87. The molecule has 0 bridgehead atoms. The molecule has 6 nitrogen and oxygen atoms in total. The zero-order valence-electron chi connectivity index (χ0n) is 16.1. The molecule has 1 atom stereocenters. The number of piperidine rings is 1. The van der Waals surface area contributed by atoms with Crippen molar-refractivity contribution in [1.29, 1.82) is 0 Å². The van der Waals surface area contributed by atoms with Crippen molar-refractivity contribution in [3.05, 3.63) is 17.7 Å². The number of imidazole rings is 1. The van der Waals surface area contributed by atoms with Crippen LogP contribution < -0.4 is 5.32 Å². The van der Waals surface area contributed by atoms with Crippen LogP contribution in [0, 0.1) is 23.7 Å². The normalized spacial score (nSPS) is 26.4. The maximum Gasteiger partial charge on any atom is 0.269 e. The van der Waals surface area contributed by atoms with E-state index < -0.39 is 0 Å². The van der Waals surface area contributed by atoms with Crippen molar-refractivity contribution in [3.63, 3.8) is 0 Å². The van der Waals surface area contributed by atoms with Crippen LogP contribution in [0.4, 0.5) is 0 Å². The zero-order valence-corrected chi connectivity index (χ0v) is 16.1. The largest absolute Gasteiger partial charge is 0.347 e. The quantitative estimate of drug-likeness (QED) is 0.868. The number of aromatic amines is 1. The van der Waals surface area contributed by atoms with Crippen LogP contribution in [0.3, 0.4) is 0 Å². The molecule has 2 N–H and O–H groups in total. The average molecular weight is 358 g/mol. The number of aryl methyl sites for hydroxylation is 1. The van der Waals surface area contributed by atoms with Crippen LogP contribution in [0.15, 0.2) is 6.20 Å². The number of amides is 2. The lowest BCUT2D eigenvalue weighted by Gasteiger charge is -2.45. The molecule has 3 fully saturated rings. The first-order chi connectivity index (χ1) is 12.3. The van der Waals surface area contributed by atoms with Gasteiger partial charge in [-0.1, -0.05) is 13.8 Å². The van der Waals surface area contributed by atoms with Gasteiger partial charge in [-0.2, -0.15) is 0 Å². The molecule has 0 radical (unpaired) electrons. The number of hydrogen-bond donors (Lipinski definition) is 2. The zero-order chi connectivity index (χ0) is 18.5. The first kappa shape index (κ1) is 17.6. The van der Waals surface area contributed by atoms with Crippen LogP contribution in [0.5, 0.6) is 0 Å². The van der Waals surface area contributed by atoms with Gasteiger partial charge in [0.1, 0.15) is 11.5 Å². The molecule has 4 rings (SSSR count). The fraction of sp³-hybridized carbons (Fsp3) is 0.750. The van der Waals surface area contributed by atoms with E-state index in [1.165, 1.54) is 25.7 Å². The fourth-order valence-electron chi connectivity index (χ4n) is 4.88. The maximum atomic E-state index is 12.7. The molecule has 1 saturated heterocycles. The maximum absolute atomic E-state index is 12.7. The molecule has 1 unspecified atom stereocenters. The number of likely N-dealkylation sites (tertiary alicyclic amines) is 1. The summed E-state index contributed by atoms with van der Waals surface area (Å²) in [6.07, 6.45) is 8.36. The molecule has 2 saturated carbocycles. The lowest BCUT2D eigenvalue weighted by molar-refractivity contribution is -0.137. The fourth-order valence-corrected chi connectivity index (χ4v) is 4.88. The number of carbonyl (C=O) groups is 2. The number of carbonyl (C=O) groups excluding carboxylic acids is 2. The van der Waals surface area contributed by atoms with Crippen LogP contribution in [-0.2, 0) is 4.79 Å². The molecule has 6 heteroatoms. The average Bonchev–Trinajstić information content (AvgIpc) is 3.21. The number of H-pyrrole nitrogens is 1. The van der Waals surface area contributed by atoms with Crippen LogP contribution in [0.25, 0.3) is 0 Å². The number of nitrogens with one attached hydrogen (secondary N) is 2. The third-order valence-corrected chi connectivity index (χ3v) is 6.70. The summed E-state index contributed by atoms with van der Waals surface area (Å²) in [5, 5.41) is 3.13. The highest BCUT2D eigenvalue weighted by Crippen LogP contribution is 2.64. The molecule has 1 aliphatic heterocycles. The highest BCUT2D eigenvalue weighted by atomic mass is 16.2. The van der Waals surface area contributed by atoms with Gasteiger partial charge in [-0.15, -0.1) is 0 Å². The minimum atomic E-state index is -0.143. The summed E-state index contributed by atoms with van der Waals surface area (Å²) in [6.45, 7) is 7.54. The van der Waals surface area contributed by atoms with Gasteiger partial charge in [0.2, 0.25) is 5.91 Å². The molecule has 26 heavy (non-hydrogen) atoms. The third-order valence-electron chi connectivity index (χ3n) is 6.70. The summed E-state index contributed by atoms with van der Waals surface area (Å²) in [5.74, 6) is 1.52. The molecule has 3 aliphatic rings. The molecular weight excluding hydrogens is 328 g/mol. The highest BCUT2D eigenvalue weighted by Gasteiger charge is 2.53. The van der Waals surface area contributed by atoms with Crippen LogP contribution in [0.1, 0.15) is 68.7 Å². The summed E-state index contributed by atoms with van der Waals surface area (Å²) >= 11 is 0. The molecule has 1 aromatic heterocycles. The van der Waals surface area contributed by atoms with Gasteiger partial charge < -0.3 is 15.2 Å². The first-order valence-electron chi connectivity index (χ1n) is 9.87. The summed E-state index contributed by atoms with van der Waals surface area (Å²) in [7, 11) is 0. The van der Waals surface area contributed by atoms with E-state index in [0.717, 1.165) is 18.8 Å². The number of hydrogen-bond acceptors (Lipinski definition) is 3. The van der Waals surface area contributed by atoms with Gasteiger partial charge in [-0.25, -0.2) is 4.98 Å². The van der Waals surface area contributed by atoms with Crippen molar-refractivity contribution in [2.24, 2.45) is 16.7 Å². The van der Waals surface area contributed by atoms with E-state index in [1.54, 1.807) is 6.20 Å². The molecular formula is C20H30N4O2. The predicted molar refractivity (Wildman–Crippen MR) is 98.6 cm³/mol. The molecule has 2 heterocycles. The van der Waals surface area contributed by atoms with Crippen molar-refractivity contribution in [1.82, 2.24) is 20.2 Å². The highest BCUT2D eigenvalue weighted by molar-refractivity contribution is 5.92. The van der Waals surface area contributed by atoms with Crippen molar-refractivity contribution < 1.29 is 9.59 Å². The van der Waals surface area contributed by atoms with E-state index in [4.69, 9.17) is 0 Å². The molecule has 0 aromatic carbocycles. The van der Waals surface area contributed by atoms with E-state index in [0.29, 0.717) is 35.9 Å². The Hall–Kier alpha value is -1.85. The number of nitrogens with zero attached hydrogens (tertiary/aromatic N) is 2. The van der Waals surface area contributed by atoms with Crippen LogP contribution in [-0.4, -0.2) is 45.8 Å². The van der Waals surface area contributed by atoms with Gasteiger partial charge >= 0.3 is 0 Å². The van der Waals surface area contributed by atoms with Crippen LogP contribution >= 0.6 is 0 Å². The lowest BCUT2D eigenvalue weighted by atomic mass is 9.70. The smallest absolute Gasteiger partial charge is 0.269 e. The van der Waals surface area contributed by atoms with Gasteiger partial charge in [0.05, 0.1) is 6.20 Å². The van der Waals surface area contributed by atoms with E-state index in [-0.39, 0.29) is 17.4 Å². The van der Waals surface area contributed by atoms with Crippen LogP contribution in [0.2, 0.25) is 0 Å². The Kier molecular flexibility index (Phi) is 4.12. The van der Waals surface area contributed by atoms with Crippen molar-refractivity contribution in [2.75, 3.05) is 13.1 Å². The standard InChI is InChI=1S/C20H30N4O2/c1-13-21-11-15(22-13)18(26)23-16-4-7-24(12-19(16,2)3)17(25)8-14-9-20(10-14)5-6-20/h11,14,16H,4-10,12H2,1-3H3,(H,21,22)(H,23,26). The number of rotatable bonds is 4. The van der Waals surface area contributed by atoms with Crippen molar-refractivity contribution in [2.45, 2.75) is 65.3 Å². The van der Waals surface area contributed by atoms with Gasteiger partial charge in [0.25, 0.3) is 5.91 Å². The Morgan fingerprint density at radius 1 is 1.35 bits per heavy atom.